The van der Waals surface area contributed by atoms with Gasteiger partial charge in [-0.05, 0) is 35.2 Å². The van der Waals surface area contributed by atoms with E-state index in [-0.39, 0.29) is 31.6 Å². The number of thiazole rings is 1. The Kier molecular flexibility index (Phi) is 8.97. The van der Waals surface area contributed by atoms with Gasteiger partial charge in [-0.25, -0.2) is 9.78 Å². The maximum absolute atomic E-state index is 13.2. The average Bonchev–Trinajstić information content (AvgIpc) is 3.50. The van der Waals surface area contributed by atoms with Crippen molar-refractivity contribution in [2.24, 2.45) is 0 Å². The van der Waals surface area contributed by atoms with E-state index in [1.54, 1.807) is 11.3 Å². The summed E-state index contributed by atoms with van der Waals surface area (Å²) in [4.78, 5) is 45.2. The Hall–Kier alpha value is -3.63. The topological polar surface area (TPSA) is 108 Å². The third kappa shape index (κ3) is 6.78. The molecule has 0 aliphatic heterocycles. The van der Waals surface area contributed by atoms with Crippen molar-refractivity contribution in [3.05, 3.63) is 82.7 Å². The van der Waals surface area contributed by atoms with Gasteiger partial charge in [0.2, 0.25) is 0 Å². The zero-order valence-electron chi connectivity index (χ0n) is 20.4. The van der Waals surface area contributed by atoms with Gasteiger partial charge in [-0.2, -0.15) is 0 Å². The highest BCUT2D eigenvalue weighted by atomic mass is 32.2. The molecule has 0 bridgehead atoms. The molecular weight excluding hydrogens is 512 g/mol. The minimum Gasteiger partial charge on any atom is -0.469 e. The van der Waals surface area contributed by atoms with Gasteiger partial charge in [0.05, 0.1) is 30.9 Å². The molecule has 0 spiro atoms. The fourth-order valence-corrected chi connectivity index (χ4v) is 5.87. The molecule has 0 saturated carbocycles. The number of hydrogen-bond acceptors (Lipinski definition) is 9. The zero-order chi connectivity index (χ0) is 26.2. The minimum atomic E-state index is -0.564. The monoisotopic (exact) mass is 538 g/mol. The number of esters is 3. The molecule has 1 N–H and O–H groups in total. The highest BCUT2D eigenvalue weighted by molar-refractivity contribution is 8.00. The van der Waals surface area contributed by atoms with Crippen LogP contribution in [0.4, 0.5) is 0 Å². The highest BCUT2D eigenvalue weighted by Gasteiger charge is 2.26. The number of benzene rings is 2. The van der Waals surface area contributed by atoms with Crippen molar-refractivity contribution < 1.29 is 28.6 Å². The summed E-state index contributed by atoms with van der Waals surface area (Å²) in [7, 11) is 2.62. The number of para-hydroxylation sites is 1. The van der Waals surface area contributed by atoms with Crippen molar-refractivity contribution in [3.63, 3.8) is 0 Å². The first-order valence-corrected chi connectivity index (χ1v) is 13.3. The van der Waals surface area contributed by atoms with Crippen LogP contribution in [0.2, 0.25) is 0 Å². The number of carbonyl (C=O) groups is 3. The molecule has 0 amide bonds. The summed E-state index contributed by atoms with van der Waals surface area (Å²) in [6.45, 7) is 0.0945. The van der Waals surface area contributed by atoms with Gasteiger partial charge in [0.25, 0.3) is 0 Å². The van der Waals surface area contributed by atoms with Gasteiger partial charge < -0.3 is 19.2 Å². The van der Waals surface area contributed by atoms with Crippen molar-refractivity contribution in [1.29, 1.82) is 0 Å². The Bertz CT molecular complexity index is 1360. The van der Waals surface area contributed by atoms with Crippen molar-refractivity contribution >= 4 is 51.2 Å². The lowest BCUT2D eigenvalue weighted by Crippen LogP contribution is -2.12. The van der Waals surface area contributed by atoms with Crippen molar-refractivity contribution in [1.82, 2.24) is 9.97 Å². The summed E-state index contributed by atoms with van der Waals surface area (Å²) < 4.78 is 17.2. The Labute approximate surface area is 222 Å². The summed E-state index contributed by atoms with van der Waals surface area (Å²) in [5, 5.41) is 0. The van der Waals surface area contributed by atoms with Crippen LogP contribution in [0.3, 0.4) is 0 Å². The van der Waals surface area contributed by atoms with E-state index in [2.05, 4.69) is 9.97 Å². The maximum Gasteiger partial charge on any atom is 0.355 e. The summed E-state index contributed by atoms with van der Waals surface area (Å²) in [6, 6.07) is 17.2. The van der Waals surface area contributed by atoms with Crippen LogP contribution >= 0.6 is 23.1 Å². The Balaban J connectivity index is 1.63. The molecule has 0 unspecified atom stereocenters. The highest BCUT2D eigenvalue weighted by Crippen LogP contribution is 2.33. The first-order chi connectivity index (χ1) is 18.0. The number of methoxy groups -OCH3 is 2. The fraction of sp³-hybridized carbons (Fsp3) is 0.259. The molecule has 0 aliphatic carbocycles. The molecule has 0 radical (unpaired) electrons. The van der Waals surface area contributed by atoms with Crippen LogP contribution in [0.1, 0.15) is 39.3 Å². The zero-order valence-corrected chi connectivity index (χ0v) is 22.1. The Morgan fingerprint density at radius 2 is 1.68 bits per heavy atom. The number of nitrogens with zero attached hydrogens (tertiary/aromatic N) is 1. The van der Waals surface area contributed by atoms with E-state index >= 15 is 0 Å². The van der Waals surface area contributed by atoms with Crippen LogP contribution in [0, 0.1) is 0 Å². The molecular formula is C27H26N2O6S2. The maximum atomic E-state index is 13.2. The lowest BCUT2D eigenvalue weighted by atomic mass is 10.0. The summed E-state index contributed by atoms with van der Waals surface area (Å²) in [6.07, 6.45) is 0.203. The van der Waals surface area contributed by atoms with E-state index in [1.807, 2.05) is 54.6 Å². The summed E-state index contributed by atoms with van der Waals surface area (Å²) >= 11 is 3.08. The average molecular weight is 539 g/mol. The van der Waals surface area contributed by atoms with Crippen LogP contribution in [0.15, 0.2) is 58.9 Å². The third-order valence-electron chi connectivity index (χ3n) is 5.69. The van der Waals surface area contributed by atoms with E-state index in [0.717, 1.165) is 20.1 Å². The second-order valence-electron chi connectivity index (χ2n) is 8.06. The summed E-state index contributed by atoms with van der Waals surface area (Å²) in [5.41, 5.74) is 3.84. The van der Waals surface area contributed by atoms with Crippen molar-refractivity contribution in [3.8, 4) is 0 Å². The van der Waals surface area contributed by atoms with Crippen molar-refractivity contribution in [2.45, 2.75) is 36.0 Å². The second kappa shape index (κ2) is 12.6. The number of hydrogen-bond donors (Lipinski definition) is 1. The third-order valence-corrected chi connectivity index (χ3v) is 7.90. The molecule has 0 aliphatic rings. The van der Waals surface area contributed by atoms with Crippen LogP contribution in [0.25, 0.3) is 10.2 Å². The normalized spacial score (nSPS) is 10.9. The van der Waals surface area contributed by atoms with Crippen LogP contribution in [-0.2, 0) is 49.0 Å². The van der Waals surface area contributed by atoms with E-state index in [0.29, 0.717) is 22.6 Å². The SMILES string of the molecule is COC(=O)CCc1c(C(=O)OCc2ccccc2)[nH]c(CSc2nc3ccccc3s2)c1CC(=O)OC. The number of H-pyrrole nitrogens is 1. The number of carbonyl (C=O) groups excluding carboxylic acids is 3. The lowest BCUT2D eigenvalue weighted by molar-refractivity contribution is -0.140. The number of thioether (sulfide) groups is 1. The van der Waals surface area contributed by atoms with Crippen molar-refractivity contribution in [2.75, 3.05) is 14.2 Å². The largest absolute Gasteiger partial charge is 0.469 e. The van der Waals surface area contributed by atoms with Crippen LogP contribution < -0.4 is 0 Å². The minimum absolute atomic E-state index is 0.0476. The number of rotatable bonds is 11. The van der Waals surface area contributed by atoms with E-state index < -0.39 is 17.9 Å². The molecule has 2 aromatic heterocycles. The number of aromatic nitrogens is 2. The molecule has 2 heterocycles. The molecule has 4 aromatic rings. The molecule has 192 valence electrons. The smallest absolute Gasteiger partial charge is 0.355 e. The molecule has 4 rings (SSSR count). The molecule has 0 fully saturated rings. The number of aromatic amines is 1. The second-order valence-corrected chi connectivity index (χ2v) is 10.3. The van der Waals surface area contributed by atoms with E-state index in [1.165, 1.54) is 26.0 Å². The van der Waals surface area contributed by atoms with E-state index in [4.69, 9.17) is 14.2 Å². The van der Waals surface area contributed by atoms with Gasteiger partial charge in [0.1, 0.15) is 12.3 Å². The van der Waals surface area contributed by atoms with Gasteiger partial charge >= 0.3 is 17.9 Å². The molecule has 37 heavy (non-hydrogen) atoms. The number of fused-ring (bicyclic) bond motifs is 1. The van der Waals surface area contributed by atoms with Gasteiger partial charge in [0, 0.05) is 17.9 Å². The quantitative estimate of drug-likeness (QED) is 0.160. The molecule has 8 nitrogen and oxygen atoms in total. The first-order valence-electron chi connectivity index (χ1n) is 11.5. The summed E-state index contributed by atoms with van der Waals surface area (Å²) in [5.74, 6) is -0.998. The van der Waals surface area contributed by atoms with Gasteiger partial charge in [0.15, 0.2) is 4.34 Å². The molecule has 2 aromatic carbocycles. The van der Waals surface area contributed by atoms with Crippen LogP contribution in [-0.4, -0.2) is 42.1 Å². The number of ether oxygens (including phenoxy) is 3. The van der Waals surface area contributed by atoms with Gasteiger partial charge in [-0.3, -0.25) is 9.59 Å². The van der Waals surface area contributed by atoms with Crippen LogP contribution in [0.5, 0.6) is 0 Å². The molecule has 0 atom stereocenters. The van der Waals surface area contributed by atoms with Gasteiger partial charge in [-0.1, -0.05) is 54.2 Å². The fourth-order valence-electron chi connectivity index (χ4n) is 3.81. The van der Waals surface area contributed by atoms with E-state index in [9.17, 15) is 14.4 Å². The standard InChI is InChI=1S/C27H26N2O6S2/c1-33-23(30)13-12-18-19(14-24(31)34-2)21(16-36-27-29-20-10-6-7-11-22(20)37-27)28-25(18)26(32)35-15-17-8-4-3-5-9-17/h3-11,28H,12-16H2,1-2H3. The van der Waals surface area contributed by atoms with Gasteiger partial charge in [-0.15, -0.1) is 11.3 Å². The Morgan fingerprint density at radius 3 is 2.41 bits per heavy atom. The lowest BCUT2D eigenvalue weighted by Gasteiger charge is -2.08. The first kappa shape index (κ1) is 26.4. The predicted octanol–water partition coefficient (Wildman–Crippen LogP) is 5.09. The molecule has 0 saturated heterocycles. The number of nitrogens with one attached hydrogen (secondary N) is 1. The Morgan fingerprint density at radius 1 is 0.946 bits per heavy atom. The molecule has 10 heteroatoms. The predicted molar refractivity (Wildman–Crippen MR) is 142 cm³/mol.